The molecule has 3 rings (SSSR count). The van der Waals surface area contributed by atoms with E-state index in [2.05, 4.69) is 28.7 Å². The second-order valence-electron chi connectivity index (χ2n) is 6.06. The Morgan fingerprint density at radius 3 is 2.48 bits per heavy atom. The zero-order valence-corrected chi connectivity index (χ0v) is 15.0. The molecule has 0 spiro atoms. The number of aromatic nitrogens is 2. The lowest BCUT2D eigenvalue weighted by atomic mass is 10.0. The lowest BCUT2D eigenvalue weighted by Gasteiger charge is -2.04. The van der Waals surface area contributed by atoms with Crippen molar-refractivity contribution in [2.45, 2.75) is 26.3 Å². The van der Waals surface area contributed by atoms with Crippen LogP contribution in [-0.4, -0.2) is 24.8 Å². The van der Waals surface area contributed by atoms with Gasteiger partial charge in [-0.1, -0.05) is 43.3 Å². The molecule has 0 fully saturated rings. The van der Waals surface area contributed by atoms with Crippen molar-refractivity contribution >= 4 is 10.0 Å². The third kappa shape index (κ3) is 4.34. The van der Waals surface area contributed by atoms with E-state index in [1.54, 1.807) is 12.1 Å². The van der Waals surface area contributed by atoms with E-state index in [4.69, 9.17) is 8.94 Å². The van der Waals surface area contributed by atoms with E-state index in [9.17, 15) is 8.42 Å². The Bertz CT molecular complexity index is 956. The molecule has 7 nitrogen and oxygen atoms in total. The van der Waals surface area contributed by atoms with E-state index in [-0.39, 0.29) is 12.4 Å². The summed E-state index contributed by atoms with van der Waals surface area (Å²) >= 11 is 0. The number of nitrogens with zero attached hydrogens (tertiary/aromatic N) is 2. The molecule has 3 aromatic rings. The summed E-state index contributed by atoms with van der Waals surface area (Å²) in [4.78, 5) is 4.34. The topological polar surface area (TPSA) is 98.2 Å². The average Bonchev–Trinajstić information content (AvgIpc) is 3.21. The van der Waals surface area contributed by atoms with Gasteiger partial charge in [-0.15, -0.1) is 0 Å². The Morgan fingerprint density at radius 1 is 1.12 bits per heavy atom. The van der Waals surface area contributed by atoms with Crippen molar-refractivity contribution < 1.29 is 17.4 Å². The fraction of sp³-hybridized carbons (Fsp3) is 0.294. The number of nitrogens with one attached hydrogen (secondary N) is 1. The second kappa shape index (κ2) is 6.81. The molecule has 0 bridgehead atoms. The summed E-state index contributed by atoms with van der Waals surface area (Å²) in [6, 6.07) is 11.3. The van der Waals surface area contributed by atoms with E-state index in [0.29, 0.717) is 23.3 Å². The van der Waals surface area contributed by atoms with E-state index in [1.165, 1.54) is 5.56 Å². The fourth-order valence-electron chi connectivity index (χ4n) is 2.25. The quantitative estimate of drug-likeness (QED) is 0.724. The molecule has 2 aromatic heterocycles. The Hall–Kier alpha value is -2.45. The molecule has 0 radical (unpaired) electrons. The molecule has 132 valence electrons. The van der Waals surface area contributed by atoms with Gasteiger partial charge in [0.2, 0.25) is 15.8 Å². The van der Waals surface area contributed by atoms with Crippen LogP contribution >= 0.6 is 0 Å². The zero-order chi connectivity index (χ0) is 18.0. The maximum atomic E-state index is 11.1. The van der Waals surface area contributed by atoms with Gasteiger partial charge < -0.3 is 8.94 Å². The molecule has 0 aliphatic rings. The first-order chi connectivity index (χ1) is 11.8. The van der Waals surface area contributed by atoms with Gasteiger partial charge in [-0.3, -0.25) is 0 Å². The number of benzene rings is 1. The molecule has 0 aliphatic carbocycles. The van der Waals surface area contributed by atoms with Gasteiger partial charge in [-0.2, -0.15) is 4.98 Å². The van der Waals surface area contributed by atoms with Crippen molar-refractivity contribution in [3.63, 3.8) is 0 Å². The standard InChI is InChI=1S/C17H19N3O4S/c1-11(2)12-4-6-13(7-5-12)16-19-17(24-20-16)15-9-8-14(23-15)10-18-25(3,21)22/h4-9,11,18H,10H2,1-3H3. The summed E-state index contributed by atoms with van der Waals surface area (Å²) in [5, 5.41) is 3.97. The predicted octanol–water partition coefficient (Wildman–Crippen LogP) is 3.17. The summed E-state index contributed by atoms with van der Waals surface area (Å²) in [5.41, 5.74) is 2.09. The normalized spacial score (nSPS) is 12.0. The van der Waals surface area contributed by atoms with Gasteiger partial charge in [-0.05, 0) is 23.6 Å². The summed E-state index contributed by atoms with van der Waals surface area (Å²) in [7, 11) is -3.28. The molecule has 0 saturated carbocycles. The van der Waals surface area contributed by atoms with Crippen LogP contribution in [0.1, 0.15) is 31.1 Å². The van der Waals surface area contributed by atoms with Crippen molar-refractivity contribution in [1.29, 1.82) is 0 Å². The molecule has 0 saturated heterocycles. The van der Waals surface area contributed by atoms with Crippen molar-refractivity contribution in [2.75, 3.05) is 6.26 Å². The lowest BCUT2D eigenvalue weighted by Crippen LogP contribution is -2.20. The minimum Gasteiger partial charge on any atom is -0.455 e. The number of hydrogen-bond donors (Lipinski definition) is 1. The van der Waals surface area contributed by atoms with Crippen molar-refractivity contribution in [2.24, 2.45) is 0 Å². The molecule has 2 heterocycles. The van der Waals surface area contributed by atoms with Crippen LogP contribution in [0.2, 0.25) is 0 Å². The van der Waals surface area contributed by atoms with Gasteiger partial charge in [0, 0.05) is 5.56 Å². The molecule has 0 atom stereocenters. The average molecular weight is 361 g/mol. The summed E-state index contributed by atoms with van der Waals surface area (Å²) in [5.74, 6) is 2.02. The molecular formula is C17H19N3O4S. The van der Waals surface area contributed by atoms with Crippen molar-refractivity contribution in [3.8, 4) is 23.0 Å². The molecule has 8 heteroatoms. The summed E-state index contributed by atoms with van der Waals surface area (Å²) < 4.78 is 35.4. The van der Waals surface area contributed by atoms with Crippen LogP contribution in [0.15, 0.2) is 45.3 Å². The Morgan fingerprint density at radius 2 is 1.84 bits per heavy atom. The first-order valence-corrected chi connectivity index (χ1v) is 9.69. The van der Waals surface area contributed by atoms with Crippen molar-refractivity contribution in [1.82, 2.24) is 14.9 Å². The highest BCUT2D eigenvalue weighted by molar-refractivity contribution is 7.88. The molecule has 25 heavy (non-hydrogen) atoms. The van der Waals surface area contributed by atoms with Crippen LogP contribution in [0, 0.1) is 0 Å². The SMILES string of the molecule is CC(C)c1ccc(-c2noc(-c3ccc(CNS(C)(=O)=O)o3)n2)cc1. The van der Waals surface area contributed by atoms with Crippen molar-refractivity contribution in [3.05, 3.63) is 47.7 Å². The van der Waals surface area contributed by atoms with Gasteiger partial charge in [0.1, 0.15) is 5.76 Å². The molecule has 0 unspecified atom stereocenters. The van der Waals surface area contributed by atoms with E-state index in [0.717, 1.165) is 11.8 Å². The Balaban J connectivity index is 1.76. The van der Waals surface area contributed by atoms with Crippen LogP contribution in [0.25, 0.3) is 23.0 Å². The van der Waals surface area contributed by atoms with Crippen LogP contribution in [0.4, 0.5) is 0 Å². The largest absolute Gasteiger partial charge is 0.455 e. The summed E-state index contributed by atoms with van der Waals surface area (Å²) in [6.07, 6.45) is 1.09. The second-order valence-corrected chi connectivity index (χ2v) is 7.89. The molecule has 1 N–H and O–H groups in total. The minimum absolute atomic E-state index is 0.0660. The van der Waals surface area contributed by atoms with Crippen LogP contribution in [-0.2, 0) is 16.6 Å². The molecule has 0 amide bonds. The number of sulfonamides is 1. The number of hydrogen-bond acceptors (Lipinski definition) is 6. The third-order valence-electron chi connectivity index (χ3n) is 3.64. The van der Waals surface area contributed by atoms with Gasteiger partial charge in [0.05, 0.1) is 12.8 Å². The summed E-state index contributed by atoms with van der Waals surface area (Å²) in [6.45, 7) is 4.33. The highest BCUT2D eigenvalue weighted by atomic mass is 32.2. The van der Waals surface area contributed by atoms with Crippen LogP contribution < -0.4 is 4.72 Å². The van der Waals surface area contributed by atoms with Gasteiger partial charge in [-0.25, -0.2) is 13.1 Å². The van der Waals surface area contributed by atoms with E-state index < -0.39 is 10.0 Å². The maximum absolute atomic E-state index is 11.1. The fourth-order valence-corrected chi connectivity index (χ4v) is 2.65. The maximum Gasteiger partial charge on any atom is 0.293 e. The van der Waals surface area contributed by atoms with E-state index >= 15 is 0 Å². The van der Waals surface area contributed by atoms with Crippen LogP contribution in [0.3, 0.4) is 0 Å². The molecular weight excluding hydrogens is 342 g/mol. The Labute approximate surface area is 146 Å². The first-order valence-electron chi connectivity index (χ1n) is 7.79. The lowest BCUT2D eigenvalue weighted by molar-refractivity contribution is 0.411. The third-order valence-corrected chi connectivity index (χ3v) is 4.31. The highest BCUT2D eigenvalue weighted by Crippen LogP contribution is 2.25. The van der Waals surface area contributed by atoms with Gasteiger partial charge in [0.25, 0.3) is 5.89 Å². The predicted molar refractivity (Wildman–Crippen MR) is 93.2 cm³/mol. The number of rotatable bonds is 6. The number of furan rings is 1. The highest BCUT2D eigenvalue weighted by Gasteiger charge is 2.15. The smallest absolute Gasteiger partial charge is 0.293 e. The monoisotopic (exact) mass is 361 g/mol. The van der Waals surface area contributed by atoms with Gasteiger partial charge >= 0.3 is 0 Å². The zero-order valence-electron chi connectivity index (χ0n) is 14.2. The van der Waals surface area contributed by atoms with E-state index in [1.807, 2.05) is 24.3 Å². The van der Waals surface area contributed by atoms with Gasteiger partial charge in [0.15, 0.2) is 5.76 Å². The molecule has 1 aromatic carbocycles. The Kier molecular flexibility index (Phi) is 4.73. The minimum atomic E-state index is -3.28. The van der Waals surface area contributed by atoms with Crippen LogP contribution in [0.5, 0.6) is 0 Å². The molecule has 0 aliphatic heterocycles. The first kappa shape index (κ1) is 17.4.